The van der Waals surface area contributed by atoms with Crippen molar-refractivity contribution in [1.29, 1.82) is 0 Å². The predicted octanol–water partition coefficient (Wildman–Crippen LogP) is 2.09. The van der Waals surface area contributed by atoms with E-state index in [0.717, 1.165) is 12.1 Å². The first-order chi connectivity index (χ1) is 9.97. The van der Waals surface area contributed by atoms with E-state index < -0.39 is 17.9 Å². The van der Waals surface area contributed by atoms with Crippen molar-refractivity contribution in [2.24, 2.45) is 0 Å². The standard InChI is InChI=1S/C13H11F2N3O3/c1-6-4-5-18-12(21-6)9(13(19)20)10(17-18)7-2-3-8(14)16-11(7)15/h2-3,6H,4-5H2,1H3,(H,19,20)/t6-/m0/s1. The second-order valence-electron chi connectivity index (χ2n) is 4.75. The molecule has 1 aliphatic heterocycles. The number of rotatable bonds is 2. The summed E-state index contributed by atoms with van der Waals surface area (Å²) in [6.45, 7) is 2.27. The molecule has 1 N–H and O–H groups in total. The van der Waals surface area contributed by atoms with Crippen LogP contribution in [0.4, 0.5) is 8.78 Å². The van der Waals surface area contributed by atoms with Gasteiger partial charge in [0.25, 0.3) is 0 Å². The highest BCUT2D eigenvalue weighted by Gasteiger charge is 2.31. The first-order valence-corrected chi connectivity index (χ1v) is 6.30. The summed E-state index contributed by atoms with van der Waals surface area (Å²) >= 11 is 0. The molecule has 0 amide bonds. The molecule has 1 atom stereocenters. The third-order valence-corrected chi connectivity index (χ3v) is 3.25. The molecule has 3 heterocycles. The van der Waals surface area contributed by atoms with Crippen LogP contribution in [0.1, 0.15) is 23.7 Å². The van der Waals surface area contributed by atoms with Crippen LogP contribution in [-0.2, 0) is 6.54 Å². The molecule has 0 radical (unpaired) electrons. The molecule has 21 heavy (non-hydrogen) atoms. The number of carboxylic acids is 1. The molecule has 6 nitrogen and oxygen atoms in total. The lowest BCUT2D eigenvalue weighted by atomic mass is 10.1. The van der Waals surface area contributed by atoms with E-state index in [1.54, 1.807) is 0 Å². The first kappa shape index (κ1) is 13.5. The zero-order valence-corrected chi connectivity index (χ0v) is 11.0. The van der Waals surface area contributed by atoms with Gasteiger partial charge in [-0.25, -0.2) is 9.48 Å². The lowest BCUT2D eigenvalue weighted by Crippen LogP contribution is -2.24. The van der Waals surface area contributed by atoms with Crippen molar-refractivity contribution >= 4 is 5.97 Å². The van der Waals surface area contributed by atoms with Gasteiger partial charge in [-0.3, -0.25) is 0 Å². The molecule has 2 aromatic rings. The van der Waals surface area contributed by atoms with E-state index in [-0.39, 0.29) is 28.8 Å². The highest BCUT2D eigenvalue weighted by atomic mass is 19.1. The summed E-state index contributed by atoms with van der Waals surface area (Å²) < 4.78 is 33.5. The second-order valence-corrected chi connectivity index (χ2v) is 4.75. The summed E-state index contributed by atoms with van der Waals surface area (Å²) in [5.41, 5.74) is -0.530. The number of hydrogen-bond donors (Lipinski definition) is 1. The van der Waals surface area contributed by atoms with Gasteiger partial charge in [-0.05, 0) is 19.1 Å². The van der Waals surface area contributed by atoms with Gasteiger partial charge >= 0.3 is 5.97 Å². The van der Waals surface area contributed by atoms with Crippen LogP contribution in [0.15, 0.2) is 12.1 Å². The van der Waals surface area contributed by atoms with E-state index in [4.69, 9.17) is 4.74 Å². The summed E-state index contributed by atoms with van der Waals surface area (Å²) in [4.78, 5) is 14.5. The van der Waals surface area contributed by atoms with Crippen LogP contribution in [-0.4, -0.2) is 31.9 Å². The van der Waals surface area contributed by atoms with Crippen LogP contribution in [0.5, 0.6) is 5.88 Å². The van der Waals surface area contributed by atoms with Crippen LogP contribution < -0.4 is 4.74 Å². The SMILES string of the molecule is C[C@H]1CCn2nc(-c3ccc(F)nc3F)c(C(=O)O)c2O1. The second kappa shape index (κ2) is 4.80. The van der Waals surface area contributed by atoms with Crippen molar-refractivity contribution in [2.45, 2.75) is 26.0 Å². The molecule has 8 heteroatoms. The van der Waals surface area contributed by atoms with E-state index in [0.29, 0.717) is 13.0 Å². The average molecular weight is 295 g/mol. The van der Waals surface area contributed by atoms with Crippen molar-refractivity contribution in [3.63, 3.8) is 0 Å². The Balaban J connectivity index is 2.21. The maximum Gasteiger partial charge on any atom is 0.343 e. The highest BCUT2D eigenvalue weighted by Crippen LogP contribution is 2.34. The molecule has 0 saturated carbocycles. The van der Waals surface area contributed by atoms with Gasteiger partial charge in [-0.15, -0.1) is 0 Å². The third kappa shape index (κ3) is 2.22. The molecule has 3 rings (SSSR count). The normalized spacial score (nSPS) is 17.2. The predicted molar refractivity (Wildman–Crippen MR) is 67.0 cm³/mol. The minimum atomic E-state index is -1.29. The monoisotopic (exact) mass is 295 g/mol. The van der Waals surface area contributed by atoms with Crippen LogP contribution in [0.2, 0.25) is 0 Å². The molecule has 0 aliphatic carbocycles. The van der Waals surface area contributed by atoms with Gasteiger partial charge in [0.1, 0.15) is 11.3 Å². The summed E-state index contributed by atoms with van der Waals surface area (Å²) in [6, 6.07) is 2.06. The van der Waals surface area contributed by atoms with Crippen LogP contribution in [0, 0.1) is 11.9 Å². The quantitative estimate of drug-likeness (QED) is 0.858. The van der Waals surface area contributed by atoms with Crippen molar-refractivity contribution in [3.8, 4) is 17.1 Å². The number of aromatic carboxylic acids is 1. The minimum absolute atomic E-state index is 0.0833. The van der Waals surface area contributed by atoms with Gasteiger partial charge in [0.15, 0.2) is 0 Å². The maximum absolute atomic E-state index is 13.8. The molecule has 1 aliphatic rings. The number of aryl methyl sites for hydroxylation is 1. The Morgan fingerprint density at radius 2 is 2.24 bits per heavy atom. The average Bonchev–Trinajstić information content (AvgIpc) is 2.76. The van der Waals surface area contributed by atoms with Gasteiger partial charge in [-0.1, -0.05) is 0 Å². The van der Waals surface area contributed by atoms with E-state index in [9.17, 15) is 18.7 Å². The Labute approximate surface area is 118 Å². The molecule has 0 saturated heterocycles. The lowest BCUT2D eigenvalue weighted by molar-refractivity contribution is 0.0684. The smallest absolute Gasteiger partial charge is 0.343 e. The number of carboxylic acid groups (broad SMARTS) is 1. The van der Waals surface area contributed by atoms with E-state index >= 15 is 0 Å². The van der Waals surface area contributed by atoms with Crippen molar-refractivity contribution in [1.82, 2.24) is 14.8 Å². The van der Waals surface area contributed by atoms with Gasteiger partial charge in [0, 0.05) is 13.0 Å². The molecular formula is C13H11F2N3O3. The Hall–Kier alpha value is -2.51. The number of ether oxygens (including phenoxy) is 1. The van der Waals surface area contributed by atoms with Crippen LogP contribution in [0.25, 0.3) is 11.3 Å². The van der Waals surface area contributed by atoms with Gasteiger partial charge in [-0.2, -0.15) is 18.9 Å². The summed E-state index contributed by atoms with van der Waals surface area (Å²) in [6.07, 6.45) is 0.508. The fourth-order valence-corrected chi connectivity index (χ4v) is 2.24. The lowest BCUT2D eigenvalue weighted by Gasteiger charge is -2.21. The Morgan fingerprint density at radius 1 is 1.48 bits per heavy atom. The molecule has 110 valence electrons. The minimum Gasteiger partial charge on any atom is -0.477 e. The summed E-state index contributed by atoms with van der Waals surface area (Å²) in [5, 5.41) is 13.4. The van der Waals surface area contributed by atoms with E-state index in [1.165, 1.54) is 4.68 Å². The summed E-state index contributed by atoms with van der Waals surface area (Å²) in [7, 11) is 0. The molecule has 0 spiro atoms. The van der Waals surface area contributed by atoms with Gasteiger partial charge < -0.3 is 9.84 Å². The van der Waals surface area contributed by atoms with Crippen molar-refractivity contribution in [2.75, 3.05) is 0 Å². The molecule has 0 bridgehead atoms. The maximum atomic E-state index is 13.8. The number of aromatic nitrogens is 3. The third-order valence-electron chi connectivity index (χ3n) is 3.25. The number of hydrogen-bond acceptors (Lipinski definition) is 4. The number of pyridine rings is 1. The molecule has 0 fully saturated rings. The summed E-state index contributed by atoms with van der Waals surface area (Å²) in [5.74, 6) is -3.30. The fraction of sp³-hybridized carbons (Fsp3) is 0.308. The number of nitrogens with zero attached hydrogens (tertiary/aromatic N) is 3. The Morgan fingerprint density at radius 3 is 2.90 bits per heavy atom. The first-order valence-electron chi connectivity index (χ1n) is 6.30. The van der Waals surface area contributed by atoms with Crippen LogP contribution >= 0.6 is 0 Å². The van der Waals surface area contributed by atoms with Gasteiger partial charge in [0.2, 0.25) is 17.8 Å². The highest BCUT2D eigenvalue weighted by molar-refractivity contribution is 5.97. The van der Waals surface area contributed by atoms with Crippen LogP contribution in [0.3, 0.4) is 0 Å². The zero-order chi connectivity index (χ0) is 15.1. The molecule has 0 unspecified atom stereocenters. The van der Waals surface area contributed by atoms with E-state index in [2.05, 4.69) is 10.1 Å². The Kier molecular flexibility index (Phi) is 3.08. The largest absolute Gasteiger partial charge is 0.477 e. The fourth-order valence-electron chi connectivity index (χ4n) is 2.24. The molecule has 2 aromatic heterocycles. The topological polar surface area (TPSA) is 77.2 Å². The molecular weight excluding hydrogens is 284 g/mol. The van der Waals surface area contributed by atoms with Crippen molar-refractivity contribution in [3.05, 3.63) is 29.6 Å². The number of carbonyl (C=O) groups is 1. The number of halogens is 2. The van der Waals surface area contributed by atoms with Gasteiger partial charge in [0.05, 0.1) is 11.7 Å². The van der Waals surface area contributed by atoms with E-state index in [1.807, 2.05) is 6.92 Å². The number of fused-ring (bicyclic) bond motifs is 1. The van der Waals surface area contributed by atoms with Crippen molar-refractivity contribution < 1.29 is 23.4 Å². The zero-order valence-electron chi connectivity index (χ0n) is 11.0. The Bertz CT molecular complexity index is 730. The molecule has 0 aromatic carbocycles.